The fourth-order valence-corrected chi connectivity index (χ4v) is 2.61. The molecule has 5 heteroatoms. The average molecular weight is 334 g/mol. The Morgan fingerprint density at radius 1 is 1.62 bits per heavy atom. The third-order valence-electron chi connectivity index (χ3n) is 2.72. The molecule has 1 aromatic rings. The van der Waals surface area contributed by atoms with Crippen molar-refractivity contribution in [3.05, 3.63) is 21.5 Å². The van der Waals surface area contributed by atoms with E-state index < -0.39 is 0 Å². The van der Waals surface area contributed by atoms with Crippen LogP contribution >= 0.6 is 22.6 Å². The first-order chi connectivity index (χ1) is 7.58. The molecule has 0 N–H and O–H groups in total. The number of halogens is 1. The fraction of sp³-hybridized carbons (Fsp3) is 0.545. The lowest BCUT2D eigenvalue weighted by molar-refractivity contribution is -0.0127. The molecule has 0 bridgehead atoms. The largest absolute Gasteiger partial charge is 0.375 e. The molecule has 0 radical (unpaired) electrons. The minimum absolute atomic E-state index is 0.0977. The lowest BCUT2D eigenvalue weighted by Crippen LogP contribution is -2.45. The van der Waals surface area contributed by atoms with Gasteiger partial charge in [0.05, 0.1) is 12.7 Å². The Hall–Kier alpha value is -0.560. The molecule has 2 heterocycles. The number of carbonyl (C=O) groups is 1. The molecule has 1 saturated heterocycles. The van der Waals surface area contributed by atoms with E-state index in [1.54, 1.807) is 0 Å². The van der Waals surface area contributed by atoms with E-state index >= 15 is 0 Å². The van der Waals surface area contributed by atoms with Gasteiger partial charge in [-0.3, -0.25) is 4.79 Å². The number of amides is 1. The van der Waals surface area contributed by atoms with Gasteiger partial charge in [-0.2, -0.15) is 0 Å². The predicted octanol–water partition coefficient (Wildman–Crippen LogP) is 1.49. The first-order valence-corrected chi connectivity index (χ1v) is 6.38. The van der Waals surface area contributed by atoms with Crippen molar-refractivity contribution in [2.45, 2.75) is 13.0 Å². The smallest absolute Gasteiger partial charge is 0.270 e. The second kappa shape index (κ2) is 4.75. The number of carbonyl (C=O) groups excluding carboxylic acids is 1. The van der Waals surface area contributed by atoms with Gasteiger partial charge in [-0.25, -0.2) is 0 Å². The molecule has 4 nitrogen and oxygen atoms in total. The van der Waals surface area contributed by atoms with Crippen LogP contribution in [-0.2, 0) is 11.8 Å². The summed E-state index contributed by atoms with van der Waals surface area (Å²) >= 11 is 2.22. The maximum Gasteiger partial charge on any atom is 0.270 e. The molecular formula is C11H15IN2O2. The van der Waals surface area contributed by atoms with Crippen molar-refractivity contribution < 1.29 is 9.53 Å². The molecule has 0 saturated carbocycles. The Labute approximate surface area is 109 Å². The van der Waals surface area contributed by atoms with Gasteiger partial charge in [-0.05, 0) is 35.6 Å². The molecule has 1 aliphatic rings. The standard InChI is InChI=1S/C11H15IN2O2/c1-8-6-14(3-4-16-8)11(15)10-5-9(12)7-13(10)2/h5,7-8H,3-4,6H2,1-2H3. The Kier molecular flexibility index (Phi) is 3.53. The molecule has 1 atom stereocenters. The van der Waals surface area contributed by atoms with E-state index in [0.717, 1.165) is 9.26 Å². The van der Waals surface area contributed by atoms with Gasteiger partial charge in [0.1, 0.15) is 5.69 Å². The van der Waals surface area contributed by atoms with Gasteiger partial charge in [-0.15, -0.1) is 0 Å². The van der Waals surface area contributed by atoms with E-state index in [4.69, 9.17) is 4.74 Å². The minimum atomic E-state index is 0.0977. The molecule has 0 spiro atoms. The fourth-order valence-electron chi connectivity index (χ4n) is 1.90. The van der Waals surface area contributed by atoms with Gasteiger partial charge < -0.3 is 14.2 Å². The van der Waals surface area contributed by atoms with Crippen LogP contribution in [0.25, 0.3) is 0 Å². The molecule has 1 fully saturated rings. The number of hydrogen-bond donors (Lipinski definition) is 0. The van der Waals surface area contributed by atoms with E-state index in [2.05, 4.69) is 22.6 Å². The molecule has 1 amide bonds. The number of nitrogens with zero attached hydrogens (tertiary/aromatic N) is 2. The van der Waals surface area contributed by atoms with Crippen LogP contribution in [0.4, 0.5) is 0 Å². The maximum absolute atomic E-state index is 12.2. The summed E-state index contributed by atoms with van der Waals surface area (Å²) < 4.78 is 8.39. The highest BCUT2D eigenvalue weighted by Gasteiger charge is 2.24. The second-order valence-corrected chi connectivity index (χ2v) is 5.33. The van der Waals surface area contributed by atoms with Crippen molar-refractivity contribution in [1.29, 1.82) is 0 Å². The van der Waals surface area contributed by atoms with Crippen LogP contribution in [0.5, 0.6) is 0 Å². The summed E-state index contributed by atoms with van der Waals surface area (Å²) in [4.78, 5) is 14.1. The number of hydrogen-bond acceptors (Lipinski definition) is 2. The van der Waals surface area contributed by atoms with Gasteiger partial charge >= 0.3 is 0 Å². The lowest BCUT2D eigenvalue weighted by Gasteiger charge is -2.31. The predicted molar refractivity (Wildman–Crippen MR) is 69.4 cm³/mol. The summed E-state index contributed by atoms with van der Waals surface area (Å²) in [7, 11) is 1.90. The normalized spacial score (nSPS) is 21.2. The average Bonchev–Trinajstić information content (AvgIpc) is 2.57. The van der Waals surface area contributed by atoms with E-state index in [-0.39, 0.29) is 12.0 Å². The van der Waals surface area contributed by atoms with Crippen LogP contribution in [0, 0.1) is 3.57 Å². The Bertz CT molecular complexity index is 403. The highest BCUT2D eigenvalue weighted by atomic mass is 127. The quantitative estimate of drug-likeness (QED) is 0.730. The highest BCUT2D eigenvalue weighted by molar-refractivity contribution is 14.1. The molecular weight excluding hydrogens is 319 g/mol. The van der Waals surface area contributed by atoms with E-state index in [1.807, 2.05) is 35.7 Å². The number of rotatable bonds is 1. The maximum atomic E-state index is 12.2. The molecule has 16 heavy (non-hydrogen) atoms. The van der Waals surface area contributed by atoms with Crippen molar-refractivity contribution >= 4 is 28.5 Å². The molecule has 1 unspecified atom stereocenters. The monoisotopic (exact) mass is 334 g/mol. The van der Waals surface area contributed by atoms with Gasteiger partial charge in [0, 0.05) is 29.9 Å². The number of morpholine rings is 1. The SMILES string of the molecule is CC1CN(C(=O)c2cc(I)cn2C)CCO1. The second-order valence-electron chi connectivity index (χ2n) is 4.09. The Morgan fingerprint density at radius 3 is 2.94 bits per heavy atom. The Morgan fingerprint density at radius 2 is 2.38 bits per heavy atom. The summed E-state index contributed by atoms with van der Waals surface area (Å²) in [6.45, 7) is 3.99. The summed E-state index contributed by atoms with van der Waals surface area (Å²) in [5.41, 5.74) is 0.749. The summed E-state index contributed by atoms with van der Waals surface area (Å²) in [5.74, 6) is 0.0977. The van der Waals surface area contributed by atoms with Crippen LogP contribution in [-0.4, -0.2) is 41.2 Å². The van der Waals surface area contributed by atoms with Crippen LogP contribution in [0.3, 0.4) is 0 Å². The number of aryl methyl sites for hydroxylation is 1. The summed E-state index contributed by atoms with van der Waals surface area (Å²) in [6.07, 6.45) is 2.09. The molecule has 1 aromatic heterocycles. The lowest BCUT2D eigenvalue weighted by atomic mass is 10.2. The molecule has 2 rings (SSSR count). The number of aromatic nitrogens is 1. The van der Waals surface area contributed by atoms with Crippen LogP contribution in [0.1, 0.15) is 17.4 Å². The molecule has 1 aliphatic heterocycles. The van der Waals surface area contributed by atoms with Gasteiger partial charge in [0.25, 0.3) is 5.91 Å². The molecule has 0 aliphatic carbocycles. The van der Waals surface area contributed by atoms with Crippen LogP contribution < -0.4 is 0 Å². The number of ether oxygens (including phenoxy) is 1. The van der Waals surface area contributed by atoms with Gasteiger partial charge in [-0.1, -0.05) is 0 Å². The van der Waals surface area contributed by atoms with Gasteiger partial charge in [0.15, 0.2) is 0 Å². The van der Waals surface area contributed by atoms with E-state index in [9.17, 15) is 4.79 Å². The third-order valence-corrected chi connectivity index (χ3v) is 3.31. The Balaban J connectivity index is 2.15. The van der Waals surface area contributed by atoms with Crippen LogP contribution in [0.2, 0.25) is 0 Å². The first kappa shape index (κ1) is 11.9. The topological polar surface area (TPSA) is 34.5 Å². The zero-order chi connectivity index (χ0) is 11.7. The zero-order valence-corrected chi connectivity index (χ0v) is 11.6. The third kappa shape index (κ3) is 2.40. The summed E-state index contributed by atoms with van der Waals surface area (Å²) in [6, 6.07) is 1.92. The van der Waals surface area contributed by atoms with Gasteiger partial charge in [0.2, 0.25) is 0 Å². The van der Waals surface area contributed by atoms with Crippen molar-refractivity contribution in [3.8, 4) is 0 Å². The van der Waals surface area contributed by atoms with Crippen molar-refractivity contribution in [2.75, 3.05) is 19.7 Å². The van der Waals surface area contributed by atoms with Crippen LogP contribution in [0.15, 0.2) is 12.3 Å². The first-order valence-electron chi connectivity index (χ1n) is 5.30. The molecule has 0 aromatic carbocycles. The van der Waals surface area contributed by atoms with Crippen molar-refractivity contribution in [3.63, 3.8) is 0 Å². The summed E-state index contributed by atoms with van der Waals surface area (Å²) in [5, 5.41) is 0. The molecule has 88 valence electrons. The highest BCUT2D eigenvalue weighted by Crippen LogP contribution is 2.14. The van der Waals surface area contributed by atoms with E-state index in [0.29, 0.717) is 19.7 Å². The minimum Gasteiger partial charge on any atom is -0.375 e. The van der Waals surface area contributed by atoms with Crippen molar-refractivity contribution in [2.24, 2.45) is 7.05 Å². The van der Waals surface area contributed by atoms with Crippen molar-refractivity contribution in [1.82, 2.24) is 9.47 Å². The van der Waals surface area contributed by atoms with E-state index in [1.165, 1.54) is 0 Å². The zero-order valence-electron chi connectivity index (χ0n) is 9.44.